The molecule has 0 aliphatic heterocycles. The molecule has 0 aliphatic rings. The molecule has 1 atom stereocenters. The highest BCUT2D eigenvalue weighted by Gasteiger charge is 2.30. The topological polar surface area (TPSA) is 66.3 Å². The molecule has 2 aromatic carbocycles. The molecule has 0 bridgehead atoms. The highest BCUT2D eigenvalue weighted by atomic mass is 31.1. The smallest absolute Gasteiger partial charge is 0.494 e. The molecule has 2 aromatic heterocycles. The summed E-state index contributed by atoms with van der Waals surface area (Å²) in [6, 6.07) is 14.9. The maximum atomic E-state index is 13.2. The van der Waals surface area contributed by atoms with Crippen molar-refractivity contribution >= 4 is 19.0 Å². The van der Waals surface area contributed by atoms with Crippen molar-refractivity contribution in [3.63, 3.8) is 0 Å². The molecule has 198 valence electrons. The monoisotopic (exact) mass is 544 g/mol. The SMILES string of the molecule is CCCc1c(-c2cc[n+](CO[P+](=O)[O-])cc2)ccc2c(OCC(F)(F)F)c(-c3cc[n+](CC)cc3)ccc12. The van der Waals surface area contributed by atoms with E-state index < -0.39 is 21.0 Å². The van der Waals surface area contributed by atoms with Crippen LogP contribution >= 0.6 is 8.25 Å². The summed E-state index contributed by atoms with van der Waals surface area (Å²) in [5, 5.41) is 1.44. The van der Waals surface area contributed by atoms with Crippen LogP contribution < -0.4 is 18.8 Å². The van der Waals surface area contributed by atoms with Crippen molar-refractivity contribution in [3.05, 3.63) is 78.9 Å². The predicted molar refractivity (Wildman–Crippen MR) is 135 cm³/mol. The Bertz CT molecular complexity index is 1430. The Hall–Kier alpha value is -3.39. The van der Waals surface area contributed by atoms with E-state index in [1.54, 1.807) is 23.0 Å². The second kappa shape index (κ2) is 12.0. The molecule has 4 aromatic rings. The molecule has 4 rings (SSSR count). The summed E-state index contributed by atoms with van der Waals surface area (Å²) < 4.78 is 64.0. The second-order valence-corrected chi connectivity index (χ2v) is 9.49. The molecule has 0 saturated heterocycles. The van der Waals surface area contributed by atoms with Gasteiger partial charge < -0.3 is 9.63 Å². The molecule has 0 spiro atoms. The fourth-order valence-electron chi connectivity index (χ4n) is 4.45. The molecule has 0 radical (unpaired) electrons. The van der Waals surface area contributed by atoms with Gasteiger partial charge in [-0.15, -0.1) is 0 Å². The minimum atomic E-state index is -4.48. The first-order valence-electron chi connectivity index (χ1n) is 12.2. The molecule has 6 nitrogen and oxygen atoms in total. The summed E-state index contributed by atoms with van der Waals surface area (Å²) in [6.45, 7) is 3.32. The number of ether oxygens (including phenoxy) is 1. The van der Waals surface area contributed by atoms with E-state index in [0.717, 1.165) is 40.6 Å². The average molecular weight is 545 g/mol. The molecular formula is C28H28F3N2O4P+2. The third-order valence-electron chi connectivity index (χ3n) is 6.22. The molecule has 10 heteroatoms. The lowest BCUT2D eigenvalue weighted by Gasteiger charge is -2.19. The van der Waals surface area contributed by atoms with Gasteiger partial charge >= 0.3 is 14.4 Å². The van der Waals surface area contributed by atoms with Crippen molar-refractivity contribution in [3.8, 4) is 28.0 Å². The zero-order valence-electron chi connectivity index (χ0n) is 21.1. The number of benzene rings is 2. The molecule has 2 heterocycles. The molecule has 0 fully saturated rings. The molecule has 0 saturated carbocycles. The molecule has 38 heavy (non-hydrogen) atoms. The number of alkyl halides is 3. The van der Waals surface area contributed by atoms with Crippen LogP contribution in [0.3, 0.4) is 0 Å². The van der Waals surface area contributed by atoms with Crippen molar-refractivity contribution in [2.24, 2.45) is 0 Å². The zero-order chi connectivity index (χ0) is 27.3. The van der Waals surface area contributed by atoms with Crippen LogP contribution in [0.4, 0.5) is 13.2 Å². The summed E-state index contributed by atoms with van der Waals surface area (Å²) in [5.74, 6) is 0.202. The molecule has 0 amide bonds. The number of nitrogens with zero attached hydrogens (tertiary/aromatic N) is 2. The summed E-state index contributed by atoms with van der Waals surface area (Å²) in [4.78, 5) is 10.7. The second-order valence-electron chi connectivity index (χ2n) is 8.78. The van der Waals surface area contributed by atoms with Gasteiger partial charge in [-0.1, -0.05) is 30.0 Å². The third kappa shape index (κ3) is 6.54. The summed E-state index contributed by atoms with van der Waals surface area (Å²) >= 11 is 0. The Balaban J connectivity index is 1.83. The standard InChI is InChI=1S/C28H28F3N2O4P/c1-3-5-24-22(20-12-16-33(17-13-20)19-37-38(34)35)6-9-26-25(24)8-7-23(27(26)36-18-28(29,30)31)21-10-14-32(4-2)15-11-21/h6-17H,3-5,18-19H2,1-2H3/q+2. The fourth-order valence-corrected chi connectivity index (χ4v) is 4.68. The summed E-state index contributed by atoms with van der Waals surface area (Å²) in [6.07, 6.45) is 4.28. The lowest BCUT2D eigenvalue weighted by Crippen LogP contribution is -2.33. The number of rotatable bonds is 10. The van der Waals surface area contributed by atoms with E-state index in [1.165, 1.54) is 0 Å². The van der Waals surface area contributed by atoms with Gasteiger partial charge in [0.2, 0.25) is 0 Å². The van der Waals surface area contributed by atoms with Gasteiger partial charge in [0.25, 0.3) is 6.73 Å². The van der Waals surface area contributed by atoms with Crippen LogP contribution in [0.25, 0.3) is 33.0 Å². The van der Waals surface area contributed by atoms with Crippen molar-refractivity contribution in [1.82, 2.24) is 0 Å². The van der Waals surface area contributed by atoms with Gasteiger partial charge in [-0.05, 0) is 57.7 Å². The first-order chi connectivity index (χ1) is 18.2. The number of hydrogen-bond donors (Lipinski definition) is 0. The lowest BCUT2D eigenvalue weighted by molar-refractivity contribution is -0.725. The Kier molecular flexibility index (Phi) is 8.72. The highest BCUT2D eigenvalue weighted by Crippen LogP contribution is 2.41. The van der Waals surface area contributed by atoms with Gasteiger partial charge in [0.05, 0.1) is 0 Å². The predicted octanol–water partition coefficient (Wildman–Crippen LogP) is 5.65. The minimum Gasteiger partial charge on any atom is -0.566 e. The van der Waals surface area contributed by atoms with E-state index >= 15 is 0 Å². The molecule has 0 aliphatic carbocycles. The van der Waals surface area contributed by atoms with Crippen LogP contribution in [-0.2, 0) is 28.8 Å². The van der Waals surface area contributed by atoms with Crippen molar-refractivity contribution in [2.45, 2.75) is 46.1 Å². The van der Waals surface area contributed by atoms with Gasteiger partial charge in [-0.3, -0.25) is 0 Å². The Morgan fingerprint density at radius 2 is 1.42 bits per heavy atom. The average Bonchev–Trinajstić information content (AvgIpc) is 2.90. The molecule has 0 N–H and O–H groups in total. The maximum absolute atomic E-state index is 13.2. The van der Waals surface area contributed by atoms with E-state index in [9.17, 15) is 22.6 Å². The van der Waals surface area contributed by atoms with Crippen molar-refractivity contribution in [2.75, 3.05) is 6.61 Å². The number of halogens is 3. The minimum absolute atomic E-state index is 0.126. The largest absolute Gasteiger partial charge is 0.566 e. The van der Waals surface area contributed by atoms with Gasteiger partial charge in [0.1, 0.15) is 12.3 Å². The van der Waals surface area contributed by atoms with Crippen molar-refractivity contribution < 1.29 is 41.0 Å². The van der Waals surface area contributed by atoms with Crippen LogP contribution in [0.1, 0.15) is 25.8 Å². The number of hydrogen-bond acceptors (Lipinski definition) is 4. The van der Waals surface area contributed by atoms with Crippen LogP contribution in [0.5, 0.6) is 5.75 Å². The van der Waals surface area contributed by atoms with Crippen LogP contribution in [0, 0.1) is 0 Å². The quantitative estimate of drug-likeness (QED) is 0.191. The van der Waals surface area contributed by atoms with Gasteiger partial charge in [-0.25, -0.2) is 4.57 Å². The van der Waals surface area contributed by atoms with Crippen molar-refractivity contribution in [1.29, 1.82) is 0 Å². The van der Waals surface area contributed by atoms with Gasteiger partial charge in [0.15, 0.2) is 31.4 Å². The van der Waals surface area contributed by atoms with E-state index in [4.69, 9.17) is 4.74 Å². The zero-order valence-corrected chi connectivity index (χ0v) is 22.0. The third-order valence-corrected chi connectivity index (χ3v) is 6.55. The first-order valence-corrected chi connectivity index (χ1v) is 13.3. The molecular weight excluding hydrogens is 516 g/mol. The number of aromatic nitrogens is 2. The van der Waals surface area contributed by atoms with E-state index in [2.05, 4.69) is 4.52 Å². The number of aryl methyl sites for hydroxylation is 2. The summed E-state index contributed by atoms with van der Waals surface area (Å²) in [5.41, 5.74) is 4.21. The van der Waals surface area contributed by atoms with Crippen LogP contribution in [0.2, 0.25) is 0 Å². The van der Waals surface area contributed by atoms with Crippen LogP contribution in [-0.4, -0.2) is 12.8 Å². The Labute approximate surface area is 219 Å². The Morgan fingerprint density at radius 1 is 0.842 bits per heavy atom. The van der Waals surface area contributed by atoms with E-state index in [0.29, 0.717) is 17.4 Å². The van der Waals surface area contributed by atoms with E-state index in [-0.39, 0.29) is 12.5 Å². The number of pyridine rings is 2. The highest BCUT2D eigenvalue weighted by molar-refractivity contribution is 7.30. The summed E-state index contributed by atoms with van der Waals surface area (Å²) in [7, 11) is -2.95. The van der Waals surface area contributed by atoms with Gasteiger partial charge in [-0.2, -0.15) is 17.7 Å². The normalized spacial score (nSPS) is 12.1. The van der Waals surface area contributed by atoms with E-state index in [1.807, 2.05) is 73.3 Å². The Morgan fingerprint density at radius 3 is 2.00 bits per heavy atom. The lowest BCUT2D eigenvalue weighted by atomic mass is 9.90. The van der Waals surface area contributed by atoms with Crippen LogP contribution in [0.15, 0.2) is 73.3 Å². The molecule has 1 unspecified atom stereocenters. The first kappa shape index (κ1) is 27.6. The van der Waals surface area contributed by atoms with Gasteiger partial charge in [0, 0.05) is 35.2 Å². The fraction of sp³-hybridized carbons (Fsp3) is 0.286. The number of fused-ring (bicyclic) bond motifs is 1. The maximum Gasteiger partial charge on any atom is 0.494 e.